The topological polar surface area (TPSA) is 94.9 Å². The Labute approximate surface area is 293 Å². The van der Waals surface area contributed by atoms with Crippen LogP contribution in [0.4, 0.5) is 0 Å². The first-order chi connectivity index (χ1) is 23.9. The van der Waals surface area contributed by atoms with E-state index in [1.54, 1.807) is 31.2 Å². The summed E-state index contributed by atoms with van der Waals surface area (Å²) >= 11 is 0. The summed E-state index contributed by atoms with van der Waals surface area (Å²) in [5.41, 5.74) is 2.39. The average Bonchev–Trinajstić information content (AvgIpc) is 3.12. The number of unbranched alkanes of at least 4 members (excludes halogenated alkanes) is 11. The first-order valence-corrected chi connectivity index (χ1v) is 18.0. The number of nitriles is 1. The lowest BCUT2D eigenvalue weighted by atomic mass is 10.1. The molecule has 0 spiro atoms. The summed E-state index contributed by atoms with van der Waals surface area (Å²) in [6.45, 7) is 7.36. The van der Waals surface area contributed by atoms with Crippen LogP contribution in [-0.2, 0) is 14.3 Å². The maximum Gasteiger partial charge on any atom is 0.354 e. The van der Waals surface area contributed by atoms with Crippen molar-refractivity contribution in [2.75, 3.05) is 13.2 Å². The zero-order valence-corrected chi connectivity index (χ0v) is 29.6. The van der Waals surface area contributed by atoms with Crippen LogP contribution in [-0.4, -0.2) is 31.3 Å². The quantitative estimate of drug-likeness (QED) is 0.0326. The van der Waals surface area contributed by atoms with Crippen molar-refractivity contribution in [3.05, 3.63) is 83.9 Å². The van der Waals surface area contributed by atoms with Crippen LogP contribution < -0.4 is 14.2 Å². The molecule has 0 N–H and O–H groups in total. The Balaban J connectivity index is 1.43. The van der Waals surface area contributed by atoms with Crippen molar-refractivity contribution in [2.45, 2.75) is 110 Å². The van der Waals surface area contributed by atoms with E-state index in [9.17, 15) is 14.9 Å². The Morgan fingerprint density at radius 3 is 1.63 bits per heavy atom. The number of ether oxygens (including phenoxy) is 4. The first-order valence-electron chi connectivity index (χ1n) is 18.0. The van der Waals surface area contributed by atoms with E-state index in [2.05, 4.69) is 13.8 Å². The molecule has 0 fully saturated rings. The number of rotatable bonds is 23. The third kappa shape index (κ3) is 15.1. The van der Waals surface area contributed by atoms with Gasteiger partial charge < -0.3 is 18.9 Å². The van der Waals surface area contributed by atoms with Crippen molar-refractivity contribution in [1.82, 2.24) is 0 Å². The molecule has 0 amide bonds. The summed E-state index contributed by atoms with van der Waals surface area (Å²) in [5, 5.41) is 9.62. The first kappa shape index (κ1) is 39.0. The standard InChI is InChI=1S/C42H53NO6/c1-4-6-8-10-12-14-15-29-46-33(3)41(44)48-39-25-19-35(20-26-39)36-21-27-40(28-22-36)49-42(45)37(32-43)31-34-17-23-38(24-18-34)47-30-16-13-11-9-7-5-2/h17-28,31,33H,4-16,29-30H2,1-3H3/b37-31+. The normalized spacial score (nSPS) is 11.8. The summed E-state index contributed by atoms with van der Waals surface area (Å²) in [6.07, 6.45) is 16.4. The smallest absolute Gasteiger partial charge is 0.354 e. The van der Waals surface area contributed by atoms with Crippen LogP contribution in [0.15, 0.2) is 78.4 Å². The minimum absolute atomic E-state index is 0.104. The largest absolute Gasteiger partial charge is 0.494 e. The SMILES string of the molecule is CCCCCCCCCOC(C)C(=O)Oc1ccc(-c2ccc(OC(=O)/C(C#N)=C/c3ccc(OCCCCCCCC)cc3)cc2)cc1. The van der Waals surface area contributed by atoms with Crippen molar-refractivity contribution < 1.29 is 28.5 Å². The Bertz CT molecular complexity index is 1460. The van der Waals surface area contributed by atoms with E-state index in [-0.39, 0.29) is 5.57 Å². The minimum Gasteiger partial charge on any atom is -0.494 e. The van der Waals surface area contributed by atoms with E-state index in [0.29, 0.717) is 30.3 Å². The number of carbonyl (C=O) groups is 2. The second kappa shape index (κ2) is 23.0. The number of carbonyl (C=O) groups excluding carboxylic acids is 2. The average molecular weight is 668 g/mol. The van der Waals surface area contributed by atoms with Crippen molar-refractivity contribution >= 4 is 18.0 Å². The molecule has 1 atom stereocenters. The maximum absolute atomic E-state index is 12.8. The minimum atomic E-state index is -0.731. The molecule has 0 aliphatic heterocycles. The van der Waals surface area contributed by atoms with Gasteiger partial charge in [0, 0.05) is 6.61 Å². The number of nitrogens with zero attached hydrogens (tertiary/aromatic N) is 1. The molecule has 0 bridgehead atoms. The highest BCUT2D eigenvalue weighted by molar-refractivity contribution is 5.99. The van der Waals surface area contributed by atoms with Gasteiger partial charge in [0.1, 0.15) is 28.9 Å². The molecule has 3 aromatic carbocycles. The van der Waals surface area contributed by atoms with E-state index in [1.807, 2.05) is 54.6 Å². The Morgan fingerprint density at radius 1 is 0.633 bits per heavy atom. The van der Waals surface area contributed by atoms with Gasteiger partial charge in [0.25, 0.3) is 0 Å². The number of esters is 2. The fraction of sp³-hybridized carbons (Fsp3) is 0.452. The summed E-state index contributed by atoms with van der Waals surface area (Å²) in [4.78, 5) is 25.2. The van der Waals surface area contributed by atoms with Gasteiger partial charge in [-0.1, -0.05) is 121 Å². The van der Waals surface area contributed by atoms with Gasteiger partial charge in [-0.25, -0.2) is 9.59 Å². The zero-order chi connectivity index (χ0) is 35.1. The number of hydrogen-bond acceptors (Lipinski definition) is 7. The van der Waals surface area contributed by atoms with E-state index in [1.165, 1.54) is 70.3 Å². The van der Waals surface area contributed by atoms with Crippen LogP contribution in [0, 0.1) is 11.3 Å². The molecule has 7 heteroatoms. The highest BCUT2D eigenvalue weighted by Crippen LogP contribution is 2.26. The van der Waals surface area contributed by atoms with Gasteiger partial charge in [0.05, 0.1) is 6.61 Å². The molecule has 0 aliphatic carbocycles. The molecule has 3 aromatic rings. The van der Waals surface area contributed by atoms with Crippen LogP contribution in [0.25, 0.3) is 17.2 Å². The lowest BCUT2D eigenvalue weighted by Gasteiger charge is -2.13. The van der Waals surface area contributed by atoms with Gasteiger partial charge >= 0.3 is 11.9 Å². The van der Waals surface area contributed by atoms with Gasteiger partial charge in [-0.15, -0.1) is 0 Å². The van der Waals surface area contributed by atoms with Gasteiger partial charge in [0.2, 0.25) is 0 Å². The van der Waals surface area contributed by atoms with Crippen LogP contribution in [0.3, 0.4) is 0 Å². The molecule has 49 heavy (non-hydrogen) atoms. The second-order valence-corrected chi connectivity index (χ2v) is 12.3. The predicted molar refractivity (Wildman–Crippen MR) is 195 cm³/mol. The van der Waals surface area contributed by atoms with E-state index in [0.717, 1.165) is 36.1 Å². The van der Waals surface area contributed by atoms with Crippen LogP contribution >= 0.6 is 0 Å². The fourth-order valence-corrected chi connectivity index (χ4v) is 5.22. The molecule has 0 radical (unpaired) electrons. The van der Waals surface area contributed by atoms with Gasteiger partial charge in [-0.05, 0) is 78.9 Å². The number of benzene rings is 3. The lowest BCUT2D eigenvalue weighted by molar-refractivity contribution is -0.146. The maximum atomic E-state index is 12.8. The molecule has 0 heterocycles. The zero-order valence-electron chi connectivity index (χ0n) is 29.6. The number of hydrogen-bond donors (Lipinski definition) is 0. The molecule has 0 saturated heterocycles. The molecular weight excluding hydrogens is 614 g/mol. The second-order valence-electron chi connectivity index (χ2n) is 12.3. The molecule has 262 valence electrons. The molecule has 0 aromatic heterocycles. The highest BCUT2D eigenvalue weighted by atomic mass is 16.6. The van der Waals surface area contributed by atoms with E-state index in [4.69, 9.17) is 18.9 Å². The Morgan fingerprint density at radius 2 is 1.10 bits per heavy atom. The summed E-state index contributed by atoms with van der Waals surface area (Å²) in [7, 11) is 0. The van der Waals surface area contributed by atoms with Crippen molar-refractivity contribution in [2.24, 2.45) is 0 Å². The van der Waals surface area contributed by atoms with E-state index >= 15 is 0 Å². The summed E-state index contributed by atoms with van der Waals surface area (Å²) < 4.78 is 22.5. The van der Waals surface area contributed by atoms with Crippen molar-refractivity contribution in [3.63, 3.8) is 0 Å². The molecule has 1 unspecified atom stereocenters. The van der Waals surface area contributed by atoms with Crippen LogP contribution in [0.1, 0.15) is 110 Å². The molecule has 0 saturated carbocycles. The fourth-order valence-electron chi connectivity index (χ4n) is 5.22. The highest BCUT2D eigenvalue weighted by Gasteiger charge is 2.16. The monoisotopic (exact) mass is 667 g/mol. The Hall–Kier alpha value is -4.41. The lowest BCUT2D eigenvalue weighted by Crippen LogP contribution is -2.26. The molecule has 3 rings (SSSR count). The van der Waals surface area contributed by atoms with Crippen LogP contribution in [0.5, 0.6) is 17.2 Å². The van der Waals surface area contributed by atoms with Crippen molar-refractivity contribution in [1.29, 1.82) is 5.26 Å². The van der Waals surface area contributed by atoms with Gasteiger partial charge in [-0.3, -0.25) is 0 Å². The van der Waals surface area contributed by atoms with E-state index < -0.39 is 18.0 Å². The third-order valence-corrected chi connectivity index (χ3v) is 8.22. The van der Waals surface area contributed by atoms with Crippen molar-refractivity contribution in [3.8, 4) is 34.4 Å². The van der Waals surface area contributed by atoms with Crippen LogP contribution in [0.2, 0.25) is 0 Å². The third-order valence-electron chi connectivity index (χ3n) is 8.22. The summed E-state index contributed by atoms with van der Waals surface area (Å²) in [6, 6.07) is 23.4. The van der Waals surface area contributed by atoms with Gasteiger partial charge in [-0.2, -0.15) is 5.26 Å². The summed E-state index contributed by atoms with van der Waals surface area (Å²) in [5.74, 6) is 0.375. The molecule has 7 nitrogen and oxygen atoms in total. The van der Waals surface area contributed by atoms with Gasteiger partial charge in [0.15, 0.2) is 6.10 Å². The predicted octanol–water partition coefficient (Wildman–Crippen LogP) is 10.7. The molecule has 0 aliphatic rings. The molecular formula is C42H53NO6. The Kier molecular flexibility index (Phi) is 18.3.